The van der Waals surface area contributed by atoms with E-state index in [1.54, 1.807) is 12.1 Å². The molecule has 1 aliphatic heterocycles. The maximum Gasteiger partial charge on any atom is 0.335 e. The zero-order valence-corrected chi connectivity index (χ0v) is 15.7. The van der Waals surface area contributed by atoms with Crippen molar-refractivity contribution in [2.45, 2.75) is 37.8 Å². The molecule has 1 aliphatic carbocycles. The Morgan fingerprint density at radius 3 is 2.41 bits per heavy atom. The van der Waals surface area contributed by atoms with Crippen LogP contribution in [0.3, 0.4) is 0 Å². The zero-order chi connectivity index (χ0) is 18.6. The summed E-state index contributed by atoms with van der Waals surface area (Å²) in [6.45, 7) is 4.30. The van der Waals surface area contributed by atoms with Gasteiger partial charge in [-0.3, -0.25) is 4.90 Å². The van der Waals surface area contributed by atoms with E-state index in [9.17, 15) is 4.79 Å². The van der Waals surface area contributed by atoms with Crippen molar-refractivity contribution in [3.05, 3.63) is 71.3 Å². The standard InChI is InChI=1S/C23H28N2O2/c26-23(27)20-8-6-18(7-9-20)16-25-12-10-17(11-13-25)15-24-22-14-21(22)19-4-2-1-3-5-19/h1-9,17,21-22,24H,10-16H2,(H,26,27). The number of aromatic carboxylic acids is 1. The topological polar surface area (TPSA) is 52.6 Å². The van der Waals surface area contributed by atoms with Crippen LogP contribution in [0.25, 0.3) is 0 Å². The first kappa shape index (κ1) is 18.2. The molecule has 2 atom stereocenters. The third kappa shape index (κ3) is 4.76. The van der Waals surface area contributed by atoms with Crippen molar-refractivity contribution in [2.75, 3.05) is 19.6 Å². The monoisotopic (exact) mass is 364 g/mol. The molecule has 2 aromatic carbocycles. The van der Waals surface area contributed by atoms with E-state index in [2.05, 4.69) is 40.5 Å². The Labute approximate surface area is 161 Å². The number of carboxylic acid groups (broad SMARTS) is 1. The van der Waals surface area contributed by atoms with Gasteiger partial charge in [0, 0.05) is 18.5 Å². The summed E-state index contributed by atoms with van der Waals surface area (Å²) in [5.41, 5.74) is 3.02. The summed E-state index contributed by atoms with van der Waals surface area (Å²) in [6, 6.07) is 18.8. The van der Waals surface area contributed by atoms with Gasteiger partial charge in [-0.2, -0.15) is 0 Å². The molecule has 2 unspecified atom stereocenters. The molecular weight excluding hydrogens is 336 g/mol. The lowest BCUT2D eigenvalue weighted by Crippen LogP contribution is -2.37. The molecule has 4 rings (SSSR count). The lowest BCUT2D eigenvalue weighted by Gasteiger charge is -2.32. The number of hydrogen-bond acceptors (Lipinski definition) is 3. The quantitative estimate of drug-likeness (QED) is 0.786. The van der Waals surface area contributed by atoms with Crippen LogP contribution >= 0.6 is 0 Å². The van der Waals surface area contributed by atoms with E-state index in [0.29, 0.717) is 17.5 Å². The van der Waals surface area contributed by atoms with E-state index in [4.69, 9.17) is 5.11 Å². The van der Waals surface area contributed by atoms with E-state index in [1.165, 1.54) is 30.4 Å². The average Bonchev–Trinajstić information content (AvgIpc) is 3.48. The summed E-state index contributed by atoms with van der Waals surface area (Å²) in [4.78, 5) is 13.4. The third-order valence-corrected chi connectivity index (χ3v) is 6.00. The van der Waals surface area contributed by atoms with E-state index >= 15 is 0 Å². The highest BCUT2D eigenvalue weighted by Crippen LogP contribution is 2.40. The Morgan fingerprint density at radius 2 is 1.74 bits per heavy atom. The second kappa shape index (κ2) is 8.24. The molecule has 1 saturated carbocycles. The minimum absolute atomic E-state index is 0.359. The fraction of sp³-hybridized carbons (Fsp3) is 0.435. The van der Waals surface area contributed by atoms with Crippen LogP contribution in [-0.2, 0) is 6.54 Å². The second-order valence-corrected chi connectivity index (χ2v) is 7.99. The number of nitrogens with zero attached hydrogens (tertiary/aromatic N) is 1. The van der Waals surface area contributed by atoms with Crippen LogP contribution in [0, 0.1) is 5.92 Å². The Balaban J connectivity index is 1.17. The van der Waals surface area contributed by atoms with Gasteiger partial charge in [0.15, 0.2) is 0 Å². The first-order valence-electron chi connectivity index (χ1n) is 10.0. The molecule has 0 spiro atoms. The van der Waals surface area contributed by atoms with Crippen molar-refractivity contribution in [3.8, 4) is 0 Å². The molecule has 2 fully saturated rings. The predicted octanol–water partition coefficient (Wildman–Crippen LogP) is 3.74. The van der Waals surface area contributed by atoms with Crippen molar-refractivity contribution in [2.24, 2.45) is 5.92 Å². The van der Waals surface area contributed by atoms with Crippen molar-refractivity contribution in [1.82, 2.24) is 10.2 Å². The minimum atomic E-state index is -0.861. The summed E-state index contributed by atoms with van der Waals surface area (Å²) in [5.74, 6) is 0.618. The molecule has 142 valence electrons. The molecule has 4 nitrogen and oxygen atoms in total. The Hall–Kier alpha value is -2.17. The number of carbonyl (C=O) groups is 1. The van der Waals surface area contributed by atoms with Crippen LogP contribution in [0.4, 0.5) is 0 Å². The van der Waals surface area contributed by atoms with Gasteiger partial charge in [0.25, 0.3) is 0 Å². The van der Waals surface area contributed by atoms with Gasteiger partial charge >= 0.3 is 5.97 Å². The zero-order valence-electron chi connectivity index (χ0n) is 15.7. The highest BCUT2D eigenvalue weighted by molar-refractivity contribution is 5.87. The lowest BCUT2D eigenvalue weighted by molar-refractivity contribution is 0.0697. The fourth-order valence-corrected chi connectivity index (χ4v) is 4.17. The summed E-state index contributed by atoms with van der Waals surface area (Å²) in [6.07, 6.45) is 3.75. The molecule has 1 heterocycles. The van der Waals surface area contributed by atoms with E-state index < -0.39 is 5.97 Å². The molecule has 4 heteroatoms. The Morgan fingerprint density at radius 1 is 1.04 bits per heavy atom. The molecule has 0 radical (unpaired) electrons. The summed E-state index contributed by atoms with van der Waals surface area (Å²) in [7, 11) is 0. The third-order valence-electron chi connectivity index (χ3n) is 6.00. The highest BCUT2D eigenvalue weighted by atomic mass is 16.4. The second-order valence-electron chi connectivity index (χ2n) is 7.99. The van der Waals surface area contributed by atoms with E-state index in [1.807, 2.05) is 12.1 Å². The number of benzene rings is 2. The van der Waals surface area contributed by atoms with Crippen molar-refractivity contribution in [3.63, 3.8) is 0 Å². The molecule has 27 heavy (non-hydrogen) atoms. The summed E-state index contributed by atoms with van der Waals surface area (Å²) < 4.78 is 0. The van der Waals surface area contributed by atoms with Crippen LogP contribution in [0.15, 0.2) is 54.6 Å². The molecule has 0 amide bonds. The normalized spacial score (nSPS) is 23.3. The average molecular weight is 364 g/mol. The van der Waals surface area contributed by atoms with Gasteiger partial charge in [0.2, 0.25) is 0 Å². The Bertz CT molecular complexity index is 752. The summed E-state index contributed by atoms with van der Waals surface area (Å²) in [5, 5.41) is 12.8. The number of nitrogens with one attached hydrogen (secondary N) is 1. The van der Waals surface area contributed by atoms with Gasteiger partial charge in [-0.05, 0) is 68.1 Å². The molecule has 0 bridgehead atoms. The van der Waals surface area contributed by atoms with Crippen LogP contribution < -0.4 is 5.32 Å². The maximum atomic E-state index is 10.9. The smallest absolute Gasteiger partial charge is 0.335 e. The molecule has 2 aliphatic rings. The van der Waals surface area contributed by atoms with Crippen LogP contribution in [0.1, 0.15) is 46.7 Å². The van der Waals surface area contributed by atoms with Crippen LogP contribution in [-0.4, -0.2) is 41.7 Å². The lowest BCUT2D eigenvalue weighted by atomic mass is 9.96. The van der Waals surface area contributed by atoms with E-state index in [-0.39, 0.29) is 0 Å². The van der Waals surface area contributed by atoms with Crippen molar-refractivity contribution in [1.29, 1.82) is 0 Å². The molecule has 1 saturated heterocycles. The van der Waals surface area contributed by atoms with Crippen molar-refractivity contribution >= 4 is 5.97 Å². The number of hydrogen-bond donors (Lipinski definition) is 2. The van der Waals surface area contributed by atoms with E-state index in [0.717, 1.165) is 32.1 Å². The van der Waals surface area contributed by atoms with Gasteiger partial charge in [-0.15, -0.1) is 0 Å². The SMILES string of the molecule is O=C(O)c1ccc(CN2CCC(CNC3CC3c3ccccc3)CC2)cc1. The predicted molar refractivity (Wildman–Crippen MR) is 107 cm³/mol. The number of carboxylic acids is 1. The minimum Gasteiger partial charge on any atom is -0.478 e. The molecule has 2 N–H and O–H groups in total. The first-order chi connectivity index (χ1) is 13.2. The number of likely N-dealkylation sites (tertiary alicyclic amines) is 1. The number of rotatable bonds is 7. The van der Waals surface area contributed by atoms with Crippen molar-refractivity contribution < 1.29 is 9.90 Å². The first-order valence-corrected chi connectivity index (χ1v) is 10.0. The van der Waals surface area contributed by atoms with Gasteiger partial charge in [0.05, 0.1) is 5.56 Å². The number of piperidine rings is 1. The Kier molecular flexibility index (Phi) is 5.55. The van der Waals surface area contributed by atoms with Crippen LogP contribution in [0.2, 0.25) is 0 Å². The van der Waals surface area contributed by atoms with Gasteiger partial charge in [-0.1, -0.05) is 42.5 Å². The largest absolute Gasteiger partial charge is 0.478 e. The van der Waals surface area contributed by atoms with Gasteiger partial charge < -0.3 is 10.4 Å². The van der Waals surface area contributed by atoms with Gasteiger partial charge in [-0.25, -0.2) is 4.79 Å². The highest BCUT2D eigenvalue weighted by Gasteiger charge is 2.38. The molecule has 2 aromatic rings. The molecule has 0 aromatic heterocycles. The van der Waals surface area contributed by atoms with Gasteiger partial charge in [0.1, 0.15) is 0 Å². The summed E-state index contributed by atoms with van der Waals surface area (Å²) >= 11 is 0. The maximum absolute atomic E-state index is 10.9. The fourth-order valence-electron chi connectivity index (χ4n) is 4.17. The molecular formula is C23H28N2O2. The van der Waals surface area contributed by atoms with Crippen LogP contribution in [0.5, 0.6) is 0 Å².